The van der Waals surface area contributed by atoms with Crippen LogP contribution in [0, 0.1) is 5.82 Å². The van der Waals surface area contributed by atoms with Crippen molar-refractivity contribution in [3.8, 4) is 11.6 Å². The fourth-order valence-corrected chi connectivity index (χ4v) is 2.83. The molecule has 1 aromatic carbocycles. The van der Waals surface area contributed by atoms with Gasteiger partial charge in [-0.3, -0.25) is 4.79 Å². The first-order valence-corrected chi connectivity index (χ1v) is 8.01. The monoisotopic (exact) mass is 401 g/mol. The van der Waals surface area contributed by atoms with Crippen molar-refractivity contribution < 1.29 is 13.9 Å². The number of hydrogen-bond acceptors (Lipinski definition) is 4. The van der Waals surface area contributed by atoms with Crippen LogP contribution in [0.2, 0.25) is 0 Å². The third kappa shape index (κ3) is 5.56. The number of halogens is 3. The Kier molecular flexibility index (Phi) is 8.27. The maximum absolute atomic E-state index is 12.9. The van der Waals surface area contributed by atoms with Crippen LogP contribution < -0.4 is 15.8 Å². The summed E-state index contributed by atoms with van der Waals surface area (Å²) in [4.78, 5) is 16.4. The fraction of sp³-hybridized carbons (Fsp3) is 0.333. The van der Waals surface area contributed by atoms with Crippen molar-refractivity contribution in [1.82, 2.24) is 10.3 Å². The highest BCUT2D eigenvalue weighted by Crippen LogP contribution is 2.27. The summed E-state index contributed by atoms with van der Waals surface area (Å²) in [5.74, 6) is 0.445. The molecule has 0 saturated heterocycles. The molecule has 2 aromatic rings. The third-order valence-corrected chi connectivity index (χ3v) is 4.24. The molecule has 1 saturated carbocycles. The zero-order valence-electron chi connectivity index (χ0n) is 14.1. The lowest BCUT2D eigenvalue weighted by Crippen LogP contribution is -2.51. The van der Waals surface area contributed by atoms with Crippen molar-refractivity contribution in [3.63, 3.8) is 0 Å². The van der Waals surface area contributed by atoms with Crippen LogP contribution in [-0.2, 0) is 11.3 Å². The van der Waals surface area contributed by atoms with Crippen LogP contribution in [0.15, 0.2) is 42.6 Å². The van der Waals surface area contributed by atoms with Gasteiger partial charge in [0.15, 0.2) is 0 Å². The minimum atomic E-state index is -0.736. The highest BCUT2D eigenvalue weighted by molar-refractivity contribution is 5.86. The number of nitrogens with one attached hydrogen (secondary N) is 1. The van der Waals surface area contributed by atoms with Crippen LogP contribution in [0.3, 0.4) is 0 Å². The standard InChI is InChI=1S/C18H20FN3O2.2ClH/c19-14-3-5-15(6-4-14)24-16-11-13(7-10-21-16)12-22-17(23)18(20)8-1-2-9-18;;/h3-7,10-11H,1-2,8-9,12,20H2,(H,22,23);2*1H. The molecule has 0 radical (unpaired) electrons. The van der Waals surface area contributed by atoms with Gasteiger partial charge in [-0.2, -0.15) is 0 Å². The maximum atomic E-state index is 12.9. The molecule has 1 aromatic heterocycles. The number of nitrogens with zero attached hydrogens (tertiary/aromatic N) is 1. The molecule has 1 heterocycles. The Bertz CT molecular complexity index is 723. The average Bonchev–Trinajstić information content (AvgIpc) is 3.03. The molecule has 3 rings (SSSR count). The zero-order valence-corrected chi connectivity index (χ0v) is 15.7. The molecule has 8 heteroatoms. The SMILES string of the molecule is Cl.Cl.NC1(C(=O)NCc2ccnc(Oc3ccc(F)cc3)c2)CCCC1. The number of pyridine rings is 1. The van der Waals surface area contributed by atoms with Gasteiger partial charge in [0.1, 0.15) is 11.6 Å². The van der Waals surface area contributed by atoms with Crippen molar-refractivity contribution >= 4 is 30.7 Å². The summed E-state index contributed by atoms with van der Waals surface area (Å²) in [6, 6.07) is 9.24. The van der Waals surface area contributed by atoms with Crippen molar-refractivity contribution in [2.24, 2.45) is 5.73 Å². The van der Waals surface area contributed by atoms with Crippen molar-refractivity contribution in [2.45, 2.75) is 37.8 Å². The molecule has 1 aliphatic rings. The molecular weight excluding hydrogens is 380 g/mol. The quantitative estimate of drug-likeness (QED) is 0.799. The summed E-state index contributed by atoms with van der Waals surface area (Å²) in [6.07, 6.45) is 5.06. The van der Waals surface area contributed by atoms with Crippen LogP contribution in [0.25, 0.3) is 0 Å². The van der Waals surface area contributed by atoms with E-state index in [1.807, 2.05) is 0 Å². The second-order valence-corrected chi connectivity index (χ2v) is 6.10. The molecule has 1 fully saturated rings. The van der Waals surface area contributed by atoms with Gasteiger partial charge in [0.2, 0.25) is 11.8 Å². The molecule has 26 heavy (non-hydrogen) atoms. The van der Waals surface area contributed by atoms with Crippen LogP contribution in [-0.4, -0.2) is 16.4 Å². The van der Waals surface area contributed by atoms with E-state index in [2.05, 4.69) is 10.3 Å². The molecule has 5 nitrogen and oxygen atoms in total. The smallest absolute Gasteiger partial charge is 0.240 e. The van der Waals surface area contributed by atoms with E-state index in [4.69, 9.17) is 10.5 Å². The van der Waals surface area contributed by atoms with Gasteiger partial charge in [0.25, 0.3) is 0 Å². The first kappa shape index (κ1) is 22.2. The number of benzene rings is 1. The molecule has 0 atom stereocenters. The highest BCUT2D eigenvalue weighted by Gasteiger charge is 2.36. The second-order valence-electron chi connectivity index (χ2n) is 6.10. The normalized spacial score (nSPS) is 14.7. The minimum Gasteiger partial charge on any atom is -0.439 e. The molecule has 0 unspecified atom stereocenters. The van der Waals surface area contributed by atoms with Crippen LogP contribution in [0.5, 0.6) is 11.6 Å². The van der Waals surface area contributed by atoms with Gasteiger partial charge >= 0.3 is 0 Å². The Labute approximate surface area is 164 Å². The van der Waals surface area contributed by atoms with E-state index in [-0.39, 0.29) is 36.5 Å². The summed E-state index contributed by atoms with van der Waals surface area (Å²) in [5.41, 5.74) is 6.25. The number of aromatic nitrogens is 1. The Balaban J connectivity index is 0.00000169. The van der Waals surface area contributed by atoms with Gasteiger partial charge in [0.05, 0.1) is 5.54 Å². The maximum Gasteiger partial charge on any atom is 0.240 e. The minimum absolute atomic E-state index is 0. The van der Waals surface area contributed by atoms with Gasteiger partial charge < -0.3 is 15.8 Å². The van der Waals surface area contributed by atoms with E-state index < -0.39 is 5.54 Å². The molecule has 142 valence electrons. The Morgan fingerprint density at radius 3 is 2.50 bits per heavy atom. The predicted octanol–water partition coefficient (Wildman–Crippen LogP) is 3.74. The Hall–Kier alpha value is -1.89. The number of amides is 1. The largest absolute Gasteiger partial charge is 0.439 e. The zero-order chi connectivity index (χ0) is 17.0. The van der Waals surface area contributed by atoms with Crippen molar-refractivity contribution in [3.05, 3.63) is 54.0 Å². The van der Waals surface area contributed by atoms with Gasteiger partial charge in [-0.05, 0) is 48.7 Å². The van der Waals surface area contributed by atoms with Gasteiger partial charge in [0, 0.05) is 18.8 Å². The number of nitrogens with two attached hydrogens (primary N) is 1. The van der Waals surface area contributed by atoms with E-state index in [1.54, 1.807) is 18.3 Å². The van der Waals surface area contributed by atoms with E-state index in [0.29, 0.717) is 18.2 Å². The number of ether oxygens (including phenoxy) is 1. The second kappa shape index (κ2) is 9.71. The van der Waals surface area contributed by atoms with E-state index in [1.165, 1.54) is 24.3 Å². The lowest BCUT2D eigenvalue weighted by Gasteiger charge is -2.22. The van der Waals surface area contributed by atoms with Gasteiger partial charge in [-0.1, -0.05) is 12.8 Å². The van der Waals surface area contributed by atoms with Crippen molar-refractivity contribution in [1.29, 1.82) is 0 Å². The summed E-state index contributed by atoms with van der Waals surface area (Å²) >= 11 is 0. The van der Waals surface area contributed by atoms with Gasteiger partial charge in [-0.25, -0.2) is 9.37 Å². The van der Waals surface area contributed by atoms with E-state index >= 15 is 0 Å². The average molecular weight is 402 g/mol. The lowest BCUT2D eigenvalue weighted by atomic mass is 9.98. The number of rotatable bonds is 5. The summed E-state index contributed by atoms with van der Waals surface area (Å²) in [5, 5.41) is 2.88. The highest BCUT2D eigenvalue weighted by atomic mass is 35.5. The number of carbonyl (C=O) groups excluding carboxylic acids is 1. The molecule has 0 aliphatic heterocycles. The topological polar surface area (TPSA) is 77.2 Å². The summed E-state index contributed by atoms with van der Waals surface area (Å²) in [7, 11) is 0. The third-order valence-electron chi connectivity index (χ3n) is 4.24. The fourth-order valence-electron chi connectivity index (χ4n) is 2.83. The molecule has 1 amide bonds. The molecule has 0 spiro atoms. The number of carbonyl (C=O) groups is 1. The number of hydrogen-bond donors (Lipinski definition) is 2. The van der Waals surface area contributed by atoms with E-state index in [9.17, 15) is 9.18 Å². The molecule has 1 aliphatic carbocycles. The molecule has 3 N–H and O–H groups in total. The van der Waals surface area contributed by atoms with Crippen LogP contribution in [0.1, 0.15) is 31.2 Å². The predicted molar refractivity (Wildman–Crippen MR) is 102 cm³/mol. The Morgan fingerprint density at radius 1 is 1.19 bits per heavy atom. The van der Waals surface area contributed by atoms with Crippen LogP contribution in [0.4, 0.5) is 4.39 Å². The Morgan fingerprint density at radius 2 is 1.85 bits per heavy atom. The van der Waals surface area contributed by atoms with Gasteiger partial charge in [-0.15, -0.1) is 24.8 Å². The summed E-state index contributed by atoms with van der Waals surface area (Å²) < 4.78 is 18.5. The first-order chi connectivity index (χ1) is 11.5. The molecule has 0 bridgehead atoms. The first-order valence-electron chi connectivity index (χ1n) is 8.01. The lowest BCUT2D eigenvalue weighted by molar-refractivity contribution is -0.126. The van der Waals surface area contributed by atoms with Crippen LogP contribution >= 0.6 is 24.8 Å². The van der Waals surface area contributed by atoms with E-state index in [0.717, 1.165) is 31.2 Å². The summed E-state index contributed by atoms with van der Waals surface area (Å²) in [6.45, 7) is 0.361. The van der Waals surface area contributed by atoms with Crippen molar-refractivity contribution in [2.75, 3.05) is 0 Å². The molecular formula is C18H22Cl2FN3O2.